The zero-order chi connectivity index (χ0) is 14.5. The highest BCUT2D eigenvalue weighted by Gasteiger charge is 2.31. The van der Waals surface area contributed by atoms with E-state index in [2.05, 4.69) is 5.32 Å². The Balaban J connectivity index is 2.91. The summed E-state index contributed by atoms with van der Waals surface area (Å²) in [5, 5.41) is 13.8. The highest BCUT2D eigenvalue weighted by molar-refractivity contribution is 7.12. The van der Waals surface area contributed by atoms with Crippen LogP contribution < -0.4 is 5.32 Å². The topological polar surface area (TPSA) is 66.4 Å². The minimum atomic E-state index is -0.883. The summed E-state index contributed by atoms with van der Waals surface area (Å²) in [5.41, 5.74) is 0.358. The number of carbonyl (C=O) groups excluding carboxylic acids is 1. The van der Waals surface area contributed by atoms with E-state index in [1.54, 1.807) is 0 Å². The molecule has 0 aliphatic rings. The third kappa shape index (κ3) is 3.80. The van der Waals surface area contributed by atoms with Crippen LogP contribution in [0.2, 0.25) is 0 Å². The first-order valence-corrected chi connectivity index (χ1v) is 7.46. The molecule has 0 atom stereocenters. The first-order chi connectivity index (χ1) is 8.98. The summed E-state index contributed by atoms with van der Waals surface area (Å²) in [5.74, 6) is -1.04. The second-order valence-electron chi connectivity index (χ2n) is 4.64. The van der Waals surface area contributed by atoms with Crippen molar-refractivity contribution in [2.24, 2.45) is 0 Å². The predicted octanol–water partition coefficient (Wildman–Crippen LogP) is 3.07. The van der Waals surface area contributed by atoms with Crippen LogP contribution in [0.5, 0.6) is 0 Å². The van der Waals surface area contributed by atoms with Gasteiger partial charge in [-0.3, -0.25) is 9.59 Å². The van der Waals surface area contributed by atoms with Gasteiger partial charge in [0.2, 0.25) is 0 Å². The number of nitrogens with one attached hydrogen (secondary N) is 1. The molecule has 0 bridgehead atoms. The maximum Gasteiger partial charge on any atom is 0.305 e. The summed E-state index contributed by atoms with van der Waals surface area (Å²) in [6.45, 7) is 5.81. The Kier molecular flexibility index (Phi) is 5.54. The Labute approximate surface area is 117 Å². The molecule has 1 amide bonds. The molecule has 0 saturated heterocycles. The van der Waals surface area contributed by atoms with E-state index in [9.17, 15) is 9.59 Å². The van der Waals surface area contributed by atoms with Crippen LogP contribution in [-0.4, -0.2) is 22.5 Å². The number of carboxylic acid groups (broad SMARTS) is 1. The highest BCUT2D eigenvalue weighted by Crippen LogP contribution is 2.23. The van der Waals surface area contributed by atoms with Gasteiger partial charge in [-0.05, 0) is 36.3 Å². The van der Waals surface area contributed by atoms with Crippen molar-refractivity contribution in [2.75, 3.05) is 0 Å². The van der Waals surface area contributed by atoms with Gasteiger partial charge in [-0.1, -0.05) is 20.8 Å². The van der Waals surface area contributed by atoms with Crippen molar-refractivity contribution in [1.29, 1.82) is 0 Å². The fourth-order valence-electron chi connectivity index (χ4n) is 2.12. The number of aryl methyl sites for hydroxylation is 1. The number of amides is 1. The minimum absolute atomic E-state index is 0.0431. The summed E-state index contributed by atoms with van der Waals surface area (Å²) >= 11 is 1.40. The Hall–Kier alpha value is -1.36. The van der Waals surface area contributed by atoms with Gasteiger partial charge in [0.15, 0.2) is 0 Å². The van der Waals surface area contributed by atoms with Crippen LogP contribution >= 0.6 is 11.3 Å². The van der Waals surface area contributed by atoms with E-state index in [-0.39, 0.29) is 12.3 Å². The van der Waals surface area contributed by atoms with Gasteiger partial charge in [0.25, 0.3) is 5.91 Å². The first kappa shape index (κ1) is 15.7. The van der Waals surface area contributed by atoms with Gasteiger partial charge >= 0.3 is 5.97 Å². The maximum absolute atomic E-state index is 12.3. The predicted molar refractivity (Wildman–Crippen MR) is 76.7 cm³/mol. The molecule has 0 unspecified atom stereocenters. The molecule has 2 N–H and O–H groups in total. The molecule has 5 heteroatoms. The SMILES string of the molecule is CCc1ccsc1C(=O)NC(CC)(CC)CC(=O)O. The molecule has 1 rings (SSSR count). The molecule has 1 heterocycles. The van der Waals surface area contributed by atoms with Crippen LogP contribution in [0.4, 0.5) is 0 Å². The van der Waals surface area contributed by atoms with E-state index in [4.69, 9.17) is 5.11 Å². The van der Waals surface area contributed by atoms with Crippen molar-refractivity contribution >= 4 is 23.2 Å². The molecule has 0 saturated carbocycles. The van der Waals surface area contributed by atoms with Crippen LogP contribution in [0.3, 0.4) is 0 Å². The molecular weight excluding hydrogens is 262 g/mol. The lowest BCUT2D eigenvalue weighted by Gasteiger charge is -2.31. The number of hydrogen-bond acceptors (Lipinski definition) is 3. The molecule has 0 aliphatic heterocycles. The zero-order valence-corrected chi connectivity index (χ0v) is 12.5. The van der Waals surface area contributed by atoms with Crippen LogP contribution in [0.25, 0.3) is 0 Å². The van der Waals surface area contributed by atoms with Crippen molar-refractivity contribution in [2.45, 2.75) is 52.0 Å². The summed E-state index contributed by atoms with van der Waals surface area (Å²) in [4.78, 5) is 24.0. The summed E-state index contributed by atoms with van der Waals surface area (Å²) < 4.78 is 0. The third-order valence-corrected chi connectivity index (χ3v) is 4.51. The lowest BCUT2D eigenvalue weighted by molar-refractivity contribution is -0.138. The summed E-state index contributed by atoms with van der Waals surface area (Å²) in [7, 11) is 0. The Morgan fingerprint density at radius 3 is 2.42 bits per heavy atom. The van der Waals surface area contributed by atoms with E-state index in [0.717, 1.165) is 12.0 Å². The van der Waals surface area contributed by atoms with E-state index in [1.807, 2.05) is 32.2 Å². The molecule has 19 heavy (non-hydrogen) atoms. The van der Waals surface area contributed by atoms with Crippen LogP contribution in [0, 0.1) is 0 Å². The van der Waals surface area contributed by atoms with Crippen molar-refractivity contribution in [3.8, 4) is 0 Å². The highest BCUT2D eigenvalue weighted by atomic mass is 32.1. The number of carboxylic acids is 1. The second-order valence-corrected chi connectivity index (χ2v) is 5.56. The molecule has 4 nitrogen and oxygen atoms in total. The second kappa shape index (κ2) is 6.70. The van der Waals surface area contributed by atoms with E-state index >= 15 is 0 Å². The number of thiophene rings is 1. The van der Waals surface area contributed by atoms with Gasteiger partial charge < -0.3 is 10.4 Å². The quantitative estimate of drug-likeness (QED) is 0.808. The molecule has 0 fully saturated rings. The average molecular weight is 283 g/mol. The smallest absolute Gasteiger partial charge is 0.305 e. The monoisotopic (exact) mass is 283 g/mol. The Bertz CT molecular complexity index is 449. The van der Waals surface area contributed by atoms with Crippen LogP contribution in [-0.2, 0) is 11.2 Å². The number of carbonyl (C=O) groups is 2. The van der Waals surface area contributed by atoms with Gasteiger partial charge in [-0.15, -0.1) is 11.3 Å². The molecule has 0 aromatic carbocycles. The first-order valence-electron chi connectivity index (χ1n) is 6.58. The lowest BCUT2D eigenvalue weighted by atomic mass is 9.88. The molecule has 0 spiro atoms. The van der Waals surface area contributed by atoms with Gasteiger partial charge in [-0.25, -0.2) is 0 Å². The van der Waals surface area contributed by atoms with E-state index < -0.39 is 11.5 Å². The van der Waals surface area contributed by atoms with Crippen LogP contribution in [0.15, 0.2) is 11.4 Å². The Morgan fingerprint density at radius 2 is 1.95 bits per heavy atom. The van der Waals surface area contributed by atoms with Gasteiger partial charge in [0.1, 0.15) is 0 Å². The fourth-order valence-corrected chi connectivity index (χ4v) is 3.01. The molecular formula is C14H21NO3S. The molecule has 0 radical (unpaired) electrons. The van der Waals surface area contributed by atoms with Gasteiger partial charge in [0, 0.05) is 0 Å². The van der Waals surface area contributed by atoms with E-state index in [1.165, 1.54) is 11.3 Å². The minimum Gasteiger partial charge on any atom is -0.481 e. The number of rotatable bonds is 7. The lowest BCUT2D eigenvalue weighted by Crippen LogP contribution is -2.49. The van der Waals surface area contributed by atoms with Crippen LogP contribution in [0.1, 0.15) is 55.3 Å². The molecule has 1 aromatic heterocycles. The number of hydrogen-bond donors (Lipinski definition) is 2. The number of aliphatic carboxylic acids is 1. The fraction of sp³-hybridized carbons (Fsp3) is 0.571. The Morgan fingerprint density at radius 1 is 1.32 bits per heavy atom. The van der Waals surface area contributed by atoms with Crippen molar-refractivity contribution in [1.82, 2.24) is 5.32 Å². The van der Waals surface area contributed by atoms with Crippen molar-refractivity contribution in [3.05, 3.63) is 21.9 Å². The van der Waals surface area contributed by atoms with Crippen molar-refractivity contribution < 1.29 is 14.7 Å². The third-order valence-electron chi connectivity index (χ3n) is 3.56. The molecule has 0 aliphatic carbocycles. The average Bonchev–Trinajstić information content (AvgIpc) is 2.85. The van der Waals surface area contributed by atoms with Gasteiger partial charge in [-0.2, -0.15) is 0 Å². The molecule has 1 aromatic rings. The van der Waals surface area contributed by atoms with Crippen molar-refractivity contribution in [3.63, 3.8) is 0 Å². The summed E-state index contributed by atoms with van der Waals surface area (Å²) in [6.07, 6.45) is 1.97. The molecule has 106 valence electrons. The summed E-state index contributed by atoms with van der Waals surface area (Å²) in [6, 6.07) is 1.94. The maximum atomic E-state index is 12.3. The normalized spacial score (nSPS) is 11.3. The van der Waals surface area contributed by atoms with E-state index in [0.29, 0.717) is 17.7 Å². The standard InChI is InChI=1S/C14H21NO3S/c1-4-10-7-8-19-12(10)13(18)15-14(5-2,6-3)9-11(16)17/h7-8H,4-6,9H2,1-3H3,(H,15,18)(H,16,17). The zero-order valence-electron chi connectivity index (χ0n) is 11.7. The van der Waals surface area contributed by atoms with Gasteiger partial charge in [0.05, 0.1) is 16.8 Å². The largest absolute Gasteiger partial charge is 0.481 e.